The van der Waals surface area contributed by atoms with Crippen molar-refractivity contribution in [1.29, 1.82) is 5.26 Å². The molecule has 1 unspecified atom stereocenters. The topological polar surface area (TPSA) is 98.2 Å². The highest BCUT2D eigenvalue weighted by molar-refractivity contribution is 5.97. The maximum Gasteiger partial charge on any atom is 0.169 e. The molecule has 35 heavy (non-hydrogen) atoms. The third-order valence-corrected chi connectivity index (χ3v) is 5.52. The number of hydrogen-bond acceptors (Lipinski definition) is 8. The second-order valence-corrected chi connectivity index (χ2v) is 7.85. The lowest BCUT2D eigenvalue weighted by molar-refractivity contribution is 0.252. The molecule has 3 aromatic carbocycles. The minimum Gasteiger partial charge on any atom is -0.493 e. The van der Waals surface area contributed by atoms with Crippen molar-refractivity contribution in [2.75, 3.05) is 32.8 Å². The van der Waals surface area contributed by atoms with Crippen LogP contribution in [-0.2, 0) is 4.74 Å². The van der Waals surface area contributed by atoms with Gasteiger partial charge in [-0.05, 0) is 42.5 Å². The fourth-order valence-corrected chi connectivity index (χ4v) is 3.62. The minimum absolute atomic E-state index is 0.122. The molecule has 4 aromatic rings. The molecule has 8 heteroatoms. The van der Waals surface area contributed by atoms with E-state index in [1.807, 2.05) is 60.7 Å². The number of nitriles is 1. The van der Waals surface area contributed by atoms with E-state index < -0.39 is 0 Å². The van der Waals surface area contributed by atoms with Gasteiger partial charge in [0.2, 0.25) is 0 Å². The van der Waals surface area contributed by atoms with Crippen molar-refractivity contribution in [3.8, 4) is 34.8 Å². The third-order valence-electron chi connectivity index (χ3n) is 5.52. The van der Waals surface area contributed by atoms with Crippen LogP contribution in [0.3, 0.4) is 0 Å². The lowest BCUT2D eigenvalue weighted by atomic mass is 10.1. The number of fused-ring (bicyclic) bond motifs is 1. The van der Waals surface area contributed by atoms with Crippen LogP contribution in [0.1, 0.15) is 5.56 Å². The van der Waals surface area contributed by atoms with Crippen LogP contribution in [0.2, 0.25) is 0 Å². The molecule has 1 N–H and O–H groups in total. The molecular weight excluding hydrogens is 446 g/mol. The van der Waals surface area contributed by atoms with Gasteiger partial charge in [0.05, 0.1) is 37.6 Å². The molecule has 2 heterocycles. The van der Waals surface area contributed by atoms with E-state index in [0.717, 1.165) is 11.1 Å². The maximum atomic E-state index is 9.72. The number of nitrogens with one attached hydrogen (secondary N) is 1. The van der Waals surface area contributed by atoms with Crippen LogP contribution in [0.25, 0.3) is 10.9 Å². The Labute approximate surface area is 202 Å². The number of ether oxygens (including phenoxy) is 5. The van der Waals surface area contributed by atoms with Gasteiger partial charge in [-0.15, -0.1) is 0 Å². The van der Waals surface area contributed by atoms with Crippen LogP contribution in [0.5, 0.6) is 28.7 Å². The quantitative estimate of drug-likeness (QED) is 0.324. The van der Waals surface area contributed by atoms with Crippen LogP contribution in [-0.4, -0.2) is 38.5 Å². The Morgan fingerprint density at radius 3 is 2.43 bits per heavy atom. The SMILES string of the molecule is COc1cc2c(Nc3ccc(Oc4ccccc4OC)cc3)c(C#N)cnc2cc1OCC1CO1. The number of para-hydroxylation sites is 2. The number of benzene rings is 3. The van der Waals surface area contributed by atoms with E-state index in [9.17, 15) is 5.26 Å². The Kier molecular flexibility index (Phi) is 6.24. The summed E-state index contributed by atoms with van der Waals surface area (Å²) in [5, 5.41) is 13.8. The molecular formula is C27H23N3O5. The summed E-state index contributed by atoms with van der Waals surface area (Å²) in [6.45, 7) is 1.16. The van der Waals surface area contributed by atoms with Gasteiger partial charge in [-0.2, -0.15) is 5.26 Å². The average Bonchev–Trinajstić information content (AvgIpc) is 3.73. The summed E-state index contributed by atoms with van der Waals surface area (Å²) < 4.78 is 27.9. The number of pyridine rings is 1. The van der Waals surface area contributed by atoms with E-state index >= 15 is 0 Å². The monoisotopic (exact) mass is 469 g/mol. The molecule has 8 nitrogen and oxygen atoms in total. The van der Waals surface area contributed by atoms with Crippen LogP contribution >= 0.6 is 0 Å². The van der Waals surface area contributed by atoms with Crippen molar-refractivity contribution >= 4 is 22.3 Å². The second kappa shape index (κ2) is 9.79. The molecule has 0 saturated carbocycles. The highest BCUT2D eigenvalue weighted by Gasteiger charge is 2.24. The Morgan fingerprint density at radius 2 is 1.74 bits per heavy atom. The highest BCUT2D eigenvalue weighted by Crippen LogP contribution is 2.38. The first kappa shape index (κ1) is 22.3. The van der Waals surface area contributed by atoms with Gasteiger partial charge in [0.1, 0.15) is 24.5 Å². The molecule has 1 aromatic heterocycles. The summed E-state index contributed by atoms with van der Waals surface area (Å²) >= 11 is 0. The summed E-state index contributed by atoms with van der Waals surface area (Å²) in [5.41, 5.74) is 2.50. The van der Waals surface area contributed by atoms with E-state index in [1.54, 1.807) is 20.4 Å². The fraction of sp³-hybridized carbons (Fsp3) is 0.185. The predicted molar refractivity (Wildman–Crippen MR) is 131 cm³/mol. The number of anilines is 2. The number of nitrogens with zero attached hydrogens (tertiary/aromatic N) is 2. The molecule has 176 valence electrons. The van der Waals surface area contributed by atoms with Crippen molar-refractivity contribution in [3.05, 3.63) is 72.4 Å². The Hall–Kier alpha value is -4.48. The summed E-state index contributed by atoms with van der Waals surface area (Å²) in [4.78, 5) is 4.45. The van der Waals surface area contributed by atoms with Gasteiger partial charge >= 0.3 is 0 Å². The lowest BCUT2D eigenvalue weighted by Gasteiger charge is -2.15. The van der Waals surface area contributed by atoms with Gasteiger partial charge in [-0.3, -0.25) is 4.98 Å². The molecule has 1 aliphatic heterocycles. The number of aromatic nitrogens is 1. The second-order valence-electron chi connectivity index (χ2n) is 7.85. The molecule has 1 saturated heterocycles. The number of hydrogen-bond donors (Lipinski definition) is 1. The van der Waals surface area contributed by atoms with Crippen molar-refractivity contribution < 1.29 is 23.7 Å². The fourth-order valence-electron chi connectivity index (χ4n) is 3.62. The lowest BCUT2D eigenvalue weighted by Crippen LogP contribution is -2.05. The summed E-state index contributed by atoms with van der Waals surface area (Å²) in [5.74, 6) is 3.07. The Balaban J connectivity index is 1.43. The van der Waals surface area contributed by atoms with Crippen LogP contribution in [0, 0.1) is 11.3 Å². The van der Waals surface area contributed by atoms with Gasteiger partial charge < -0.3 is 29.0 Å². The molecule has 0 radical (unpaired) electrons. The van der Waals surface area contributed by atoms with E-state index in [0.29, 0.717) is 58.7 Å². The van der Waals surface area contributed by atoms with Crippen molar-refractivity contribution in [2.24, 2.45) is 0 Å². The van der Waals surface area contributed by atoms with E-state index in [1.165, 1.54) is 0 Å². The number of epoxide rings is 1. The van der Waals surface area contributed by atoms with E-state index in [2.05, 4.69) is 16.4 Å². The molecule has 1 aliphatic rings. The molecule has 0 aliphatic carbocycles. The van der Waals surface area contributed by atoms with Gasteiger partial charge in [0, 0.05) is 23.3 Å². The number of rotatable bonds is 9. The standard InChI is InChI=1S/C27H23N3O5/c1-31-23-5-3-4-6-24(23)35-19-9-7-18(8-10-19)30-27-17(13-28)14-29-22-12-26(34-16-20-15-33-20)25(32-2)11-21(22)27/h3-12,14,20H,15-16H2,1-2H3,(H,29,30). The smallest absolute Gasteiger partial charge is 0.169 e. The van der Waals surface area contributed by atoms with Gasteiger partial charge in [-0.1, -0.05) is 12.1 Å². The molecule has 0 amide bonds. The normalized spacial score (nSPS) is 14.1. The van der Waals surface area contributed by atoms with Gasteiger partial charge in [-0.25, -0.2) is 0 Å². The van der Waals surface area contributed by atoms with E-state index in [4.69, 9.17) is 23.7 Å². The van der Waals surface area contributed by atoms with Gasteiger partial charge in [0.25, 0.3) is 0 Å². The number of methoxy groups -OCH3 is 2. The molecule has 0 spiro atoms. The molecule has 0 bridgehead atoms. The zero-order valence-electron chi connectivity index (χ0n) is 19.3. The maximum absolute atomic E-state index is 9.72. The minimum atomic E-state index is 0.122. The first-order valence-corrected chi connectivity index (χ1v) is 11.0. The van der Waals surface area contributed by atoms with Crippen LogP contribution in [0.4, 0.5) is 11.4 Å². The van der Waals surface area contributed by atoms with Gasteiger partial charge in [0.15, 0.2) is 23.0 Å². The summed E-state index contributed by atoms with van der Waals surface area (Å²) in [7, 11) is 3.18. The zero-order chi connectivity index (χ0) is 24.2. The van der Waals surface area contributed by atoms with Crippen molar-refractivity contribution in [1.82, 2.24) is 4.98 Å². The third kappa shape index (κ3) is 4.90. The Bertz CT molecular complexity index is 1390. The van der Waals surface area contributed by atoms with Crippen LogP contribution in [0.15, 0.2) is 66.9 Å². The first-order chi connectivity index (χ1) is 17.2. The van der Waals surface area contributed by atoms with E-state index in [-0.39, 0.29) is 6.10 Å². The zero-order valence-corrected chi connectivity index (χ0v) is 19.3. The molecule has 1 fully saturated rings. The Morgan fingerprint density at radius 1 is 1.00 bits per heavy atom. The molecule has 1 atom stereocenters. The predicted octanol–water partition coefficient (Wildman–Crippen LogP) is 5.44. The van der Waals surface area contributed by atoms with Crippen molar-refractivity contribution in [3.63, 3.8) is 0 Å². The largest absolute Gasteiger partial charge is 0.493 e. The van der Waals surface area contributed by atoms with Crippen LogP contribution < -0.4 is 24.3 Å². The summed E-state index contributed by atoms with van der Waals surface area (Å²) in [6, 6.07) is 20.8. The highest BCUT2D eigenvalue weighted by atomic mass is 16.6. The molecule has 5 rings (SSSR count). The summed E-state index contributed by atoms with van der Waals surface area (Å²) in [6.07, 6.45) is 1.67. The average molecular weight is 469 g/mol. The van der Waals surface area contributed by atoms with Crippen molar-refractivity contribution in [2.45, 2.75) is 6.10 Å². The first-order valence-electron chi connectivity index (χ1n) is 11.0.